The number of thioether (sulfide) groups is 1. The molecule has 0 saturated carbocycles. The molecule has 2 aliphatic heterocycles. The van der Waals surface area contributed by atoms with E-state index >= 15 is 0 Å². The molecule has 2 aliphatic rings. The van der Waals surface area contributed by atoms with Gasteiger partial charge in [-0.15, -0.1) is 0 Å². The monoisotopic (exact) mass is 333 g/mol. The Kier molecular flexibility index (Phi) is 4.56. The van der Waals surface area contributed by atoms with E-state index in [4.69, 9.17) is 0 Å². The quantitative estimate of drug-likeness (QED) is 0.904. The van der Waals surface area contributed by atoms with Crippen LogP contribution in [0.2, 0.25) is 0 Å². The van der Waals surface area contributed by atoms with Gasteiger partial charge in [-0.1, -0.05) is 29.5 Å². The van der Waals surface area contributed by atoms with E-state index in [2.05, 4.69) is 5.32 Å². The van der Waals surface area contributed by atoms with Gasteiger partial charge < -0.3 is 10.2 Å². The molecule has 2 heterocycles. The van der Waals surface area contributed by atoms with Crippen LogP contribution in [0.3, 0.4) is 0 Å². The maximum atomic E-state index is 12.4. The van der Waals surface area contributed by atoms with Crippen molar-refractivity contribution < 1.29 is 14.4 Å². The molecule has 0 aliphatic carbocycles. The average molecular weight is 333 g/mol. The molecule has 2 saturated heterocycles. The van der Waals surface area contributed by atoms with Crippen LogP contribution in [-0.2, 0) is 9.59 Å². The first-order valence-electron chi connectivity index (χ1n) is 7.64. The fourth-order valence-corrected chi connectivity index (χ4v) is 3.67. The third kappa shape index (κ3) is 3.50. The third-order valence-corrected chi connectivity index (χ3v) is 5.05. The molecule has 0 aromatic heterocycles. The first-order chi connectivity index (χ1) is 11.0. The lowest BCUT2D eigenvalue weighted by molar-refractivity contribution is -0.124. The average Bonchev–Trinajstić information content (AvgIpc) is 3.08. The van der Waals surface area contributed by atoms with Crippen molar-refractivity contribution in [3.05, 3.63) is 29.8 Å². The zero-order valence-corrected chi connectivity index (χ0v) is 13.8. The number of rotatable bonds is 4. The highest BCUT2D eigenvalue weighted by molar-refractivity contribution is 8.14. The summed E-state index contributed by atoms with van der Waals surface area (Å²) in [5.41, 5.74) is 1.97. The van der Waals surface area contributed by atoms with E-state index in [1.165, 1.54) is 16.7 Å². The summed E-state index contributed by atoms with van der Waals surface area (Å²) in [5, 5.41) is 2.72. The first-order valence-corrected chi connectivity index (χ1v) is 8.62. The van der Waals surface area contributed by atoms with Crippen molar-refractivity contribution in [1.29, 1.82) is 0 Å². The summed E-state index contributed by atoms with van der Waals surface area (Å²) in [4.78, 5) is 39.2. The van der Waals surface area contributed by atoms with E-state index < -0.39 is 6.04 Å². The zero-order valence-electron chi connectivity index (χ0n) is 12.9. The fourth-order valence-electron chi connectivity index (χ4n) is 2.73. The molecule has 0 radical (unpaired) electrons. The summed E-state index contributed by atoms with van der Waals surface area (Å²) in [6, 6.07) is 7.16. The lowest BCUT2D eigenvalue weighted by Crippen LogP contribution is -2.44. The van der Waals surface area contributed by atoms with E-state index in [1.54, 1.807) is 4.90 Å². The van der Waals surface area contributed by atoms with Crippen LogP contribution in [0.1, 0.15) is 12.0 Å². The second-order valence-corrected chi connectivity index (χ2v) is 6.87. The van der Waals surface area contributed by atoms with Crippen molar-refractivity contribution in [2.45, 2.75) is 19.4 Å². The largest absolute Gasteiger partial charge is 0.344 e. The lowest BCUT2D eigenvalue weighted by Gasteiger charge is -2.19. The molecule has 1 aromatic rings. The van der Waals surface area contributed by atoms with Crippen LogP contribution in [-0.4, -0.2) is 53.4 Å². The summed E-state index contributed by atoms with van der Waals surface area (Å²) in [5.74, 6) is 0.470. The van der Waals surface area contributed by atoms with Crippen LogP contribution in [0, 0.1) is 6.92 Å². The highest BCUT2D eigenvalue weighted by atomic mass is 32.2. The zero-order chi connectivity index (χ0) is 16.4. The predicted octanol–water partition coefficient (Wildman–Crippen LogP) is 1.39. The first kappa shape index (κ1) is 15.9. The van der Waals surface area contributed by atoms with E-state index in [0.717, 1.165) is 17.0 Å². The van der Waals surface area contributed by atoms with E-state index in [1.807, 2.05) is 31.2 Å². The van der Waals surface area contributed by atoms with Gasteiger partial charge in [-0.25, -0.2) is 4.79 Å². The Bertz CT molecular complexity index is 632. The third-order valence-electron chi connectivity index (χ3n) is 4.05. The maximum Gasteiger partial charge on any atom is 0.325 e. The molecule has 3 rings (SSSR count). The molecular weight excluding hydrogens is 314 g/mol. The molecule has 6 nitrogen and oxygen atoms in total. The Morgan fingerprint density at radius 1 is 1.26 bits per heavy atom. The van der Waals surface area contributed by atoms with Crippen molar-refractivity contribution in [2.75, 3.05) is 30.3 Å². The van der Waals surface area contributed by atoms with Gasteiger partial charge in [-0.3, -0.25) is 14.5 Å². The van der Waals surface area contributed by atoms with Crippen LogP contribution in [0.15, 0.2) is 24.3 Å². The molecule has 1 aromatic carbocycles. The molecule has 23 heavy (non-hydrogen) atoms. The van der Waals surface area contributed by atoms with E-state index in [-0.39, 0.29) is 23.6 Å². The molecule has 1 N–H and O–H groups in total. The van der Waals surface area contributed by atoms with Gasteiger partial charge in [0.1, 0.15) is 6.54 Å². The lowest BCUT2D eigenvalue weighted by atomic mass is 10.2. The number of urea groups is 1. The number of hydrogen-bond acceptors (Lipinski definition) is 4. The smallest absolute Gasteiger partial charge is 0.325 e. The van der Waals surface area contributed by atoms with Gasteiger partial charge in [-0.05, 0) is 25.5 Å². The predicted molar refractivity (Wildman–Crippen MR) is 89.5 cm³/mol. The Balaban J connectivity index is 1.57. The standard InChI is InChI=1S/C16H19N3O3S/c1-11-2-4-12(5-3-11)19-8-7-18(16(19)22)10-14(20)17-13-6-9-23-15(13)21/h2-5,13H,6-10H2,1H3,(H,17,20)/t13-/m0/s1. The summed E-state index contributed by atoms with van der Waals surface area (Å²) in [6.45, 7) is 3.06. The number of carbonyl (C=O) groups is 3. The Morgan fingerprint density at radius 2 is 2.00 bits per heavy atom. The summed E-state index contributed by atoms with van der Waals surface area (Å²) >= 11 is 1.25. The summed E-state index contributed by atoms with van der Waals surface area (Å²) in [6.07, 6.45) is 0.665. The van der Waals surface area contributed by atoms with Crippen LogP contribution in [0.5, 0.6) is 0 Å². The number of anilines is 1. The number of aryl methyl sites for hydroxylation is 1. The van der Waals surface area contributed by atoms with Crippen LogP contribution >= 0.6 is 11.8 Å². The second-order valence-electron chi connectivity index (χ2n) is 5.77. The maximum absolute atomic E-state index is 12.4. The highest BCUT2D eigenvalue weighted by Crippen LogP contribution is 2.21. The van der Waals surface area contributed by atoms with Gasteiger partial charge in [0.25, 0.3) is 0 Å². The summed E-state index contributed by atoms with van der Waals surface area (Å²) in [7, 11) is 0. The van der Waals surface area contributed by atoms with Crippen LogP contribution in [0.25, 0.3) is 0 Å². The van der Waals surface area contributed by atoms with Gasteiger partial charge in [-0.2, -0.15) is 0 Å². The number of nitrogens with one attached hydrogen (secondary N) is 1. The van der Waals surface area contributed by atoms with Crippen molar-refractivity contribution >= 4 is 34.5 Å². The van der Waals surface area contributed by atoms with Crippen molar-refractivity contribution in [1.82, 2.24) is 10.2 Å². The number of nitrogens with zero attached hydrogens (tertiary/aromatic N) is 2. The van der Waals surface area contributed by atoms with Gasteiger partial charge in [0.2, 0.25) is 11.0 Å². The van der Waals surface area contributed by atoms with E-state index in [0.29, 0.717) is 19.5 Å². The Hall–Kier alpha value is -2.02. The minimum Gasteiger partial charge on any atom is -0.344 e. The van der Waals surface area contributed by atoms with Gasteiger partial charge in [0.05, 0.1) is 6.04 Å². The highest BCUT2D eigenvalue weighted by Gasteiger charge is 2.32. The molecule has 0 spiro atoms. The number of hydrogen-bond donors (Lipinski definition) is 1. The molecule has 3 amide bonds. The Labute approximate surface area is 139 Å². The second kappa shape index (κ2) is 6.62. The number of benzene rings is 1. The molecule has 122 valence electrons. The van der Waals surface area contributed by atoms with E-state index in [9.17, 15) is 14.4 Å². The normalized spacial score (nSPS) is 21.2. The minimum absolute atomic E-state index is 0.00432. The van der Waals surface area contributed by atoms with Gasteiger partial charge in [0, 0.05) is 24.5 Å². The SMILES string of the molecule is Cc1ccc(N2CCN(CC(=O)N[C@H]3CCSC3=O)C2=O)cc1. The minimum atomic E-state index is -0.404. The molecule has 0 bridgehead atoms. The van der Waals surface area contributed by atoms with Crippen molar-refractivity contribution in [3.8, 4) is 0 Å². The molecule has 1 atom stereocenters. The summed E-state index contributed by atoms with van der Waals surface area (Å²) < 4.78 is 0. The topological polar surface area (TPSA) is 69.7 Å². The molecule has 0 unspecified atom stereocenters. The number of carbonyl (C=O) groups excluding carboxylic acids is 3. The number of amides is 3. The van der Waals surface area contributed by atoms with Gasteiger partial charge in [0.15, 0.2) is 0 Å². The molecule has 7 heteroatoms. The van der Waals surface area contributed by atoms with Crippen LogP contribution < -0.4 is 10.2 Å². The molecular formula is C16H19N3O3S. The van der Waals surface area contributed by atoms with Crippen molar-refractivity contribution in [3.63, 3.8) is 0 Å². The van der Waals surface area contributed by atoms with Crippen LogP contribution in [0.4, 0.5) is 10.5 Å². The fraction of sp³-hybridized carbons (Fsp3) is 0.438. The molecule has 2 fully saturated rings. The Morgan fingerprint density at radius 3 is 2.65 bits per heavy atom. The van der Waals surface area contributed by atoms with Crippen molar-refractivity contribution in [2.24, 2.45) is 0 Å². The van der Waals surface area contributed by atoms with Gasteiger partial charge >= 0.3 is 6.03 Å².